The first-order chi connectivity index (χ1) is 15.5. The summed E-state index contributed by atoms with van der Waals surface area (Å²) in [5.74, 6) is 7.02. The van der Waals surface area contributed by atoms with Crippen LogP contribution in [0.2, 0.25) is 5.02 Å². The number of hydrogen-bond donors (Lipinski definition) is 2. The SMILES string of the molecule is CN(C)CC=CC(=O)N1CC[C@@H](Nc2ncnc3[nH]c(C#Cc4cccc(Cl)c4)cc23)C1. The number of likely N-dealkylation sites (tertiary alicyclic amines) is 1. The monoisotopic (exact) mass is 448 g/mol. The number of anilines is 1. The topological polar surface area (TPSA) is 77.2 Å². The van der Waals surface area contributed by atoms with Crippen molar-refractivity contribution in [1.82, 2.24) is 24.8 Å². The van der Waals surface area contributed by atoms with E-state index in [4.69, 9.17) is 11.6 Å². The highest BCUT2D eigenvalue weighted by molar-refractivity contribution is 6.30. The molecule has 0 radical (unpaired) electrons. The van der Waals surface area contributed by atoms with Crippen LogP contribution in [0.25, 0.3) is 11.0 Å². The Balaban J connectivity index is 1.44. The number of fused-ring (bicyclic) bond motifs is 1. The van der Waals surface area contributed by atoms with Crippen molar-refractivity contribution in [3.8, 4) is 11.8 Å². The molecule has 2 N–H and O–H groups in total. The molecule has 0 unspecified atom stereocenters. The normalized spacial score (nSPS) is 16.0. The van der Waals surface area contributed by atoms with Gasteiger partial charge in [-0.3, -0.25) is 4.79 Å². The van der Waals surface area contributed by atoms with E-state index in [0.717, 1.165) is 47.6 Å². The molecule has 0 bridgehead atoms. The molecular weight excluding hydrogens is 424 g/mol. The number of aromatic nitrogens is 3. The lowest BCUT2D eigenvalue weighted by Gasteiger charge is -2.16. The van der Waals surface area contributed by atoms with Gasteiger partial charge in [-0.25, -0.2) is 9.97 Å². The second kappa shape index (κ2) is 9.86. The highest BCUT2D eigenvalue weighted by Crippen LogP contribution is 2.23. The van der Waals surface area contributed by atoms with Crippen LogP contribution in [0.15, 0.2) is 48.8 Å². The van der Waals surface area contributed by atoms with Crippen molar-refractivity contribution in [2.45, 2.75) is 12.5 Å². The van der Waals surface area contributed by atoms with E-state index in [-0.39, 0.29) is 11.9 Å². The molecule has 0 saturated carbocycles. The molecule has 1 fully saturated rings. The van der Waals surface area contributed by atoms with E-state index in [1.165, 1.54) is 6.33 Å². The number of carbonyl (C=O) groups is 1. The van der Waals surface area contributed by atoms with Crippen molar-refractivity contribution >= 4 is 34.4 Å². The summed E-state index contributed by atoms with van der Waals surface area (Å²) in [7, 11) is 3.95. The lowest BCUT2D eigenvalue weighted by atomic mass is 10.2. The Labute approximate surface area is 192 Å². The van der Waals surface area contributed by atoms with E-state index in [0.29, 0.717) is 11.6 Å². The molecule has 1 aliphatic heterocycles. The highest BCUT2D eigenvalue weighted by Gasteiger charge is 2.25. The van der Waals surface area contributed by atoms with Crippen LogP contribution in [-0.4, -0.2) is 70.4 Å². The average molecular weight is 449 g/mol. The molecule has 1 aromatic carbocycles. The third-order valence-electron chi connectivity index (χ3n) is 5.16. The van der Waals surface area contributed by atoms with Crippen LogP contribution < -0.4 is 5.32 Å². The van der Waals surface area contributed by atoms with Gasteiger partial charge < -0.3 is 20.1 Å². The molecule has 0 aliphatic carbocycles. The number of likely N-dealkylation sites (N-methyl/N-ethyl adjacent to an activating group) is 1. The number of nitrogens with one attached hydrogen (secondary N) is 2. The van der Waals surface area contributed by atoms with E-state index < -0.39 is 0 Å². The fourth-order valence-electron chi connectivity index (χ4n) is 3.57. The van der Waals surface area contributed by atoms with Gasteiger partial charge >= 0.3 is 0 Å². The summed E-state index contributed by atoms with van der Waals surface area (Å²) >= 11 is 6.03. The number of H-pyrrole nitrogens is 1. The molecule has 4 rings (SSSR count). The Hall–Kier alpha value is -3.34. The van der Waals surface area contributed by atoms with Crippen LogP contribution in [-0.2, 0) is 4.79 Å². The van der Waals surface area contributed by atoms with E-state index in [2.05, 4.69) is 32.1 Å². The molecule has 8 heteroatoms. The van der Waals surface area contributed by atoms with Gasteiger partial charge in [-0.2, -0.15) is 0 Å². The number of hydrogen-bond acceptors (Lipinski definition) is 5. The van der Waals surface area contributed by atoms with E-state index >= 15 is 0 Å². The van der Waals surface area contributed by atoms with Crippen LogP contribution in [0.5, 0.6) is 0 Å². The summed E-state index contributed by atoms with van der Waals surface area (Å²) in [4.78, 5) is 28.2. The summed E-state index contributed by atoms with van der Waals surface area (Å²) in [6, 6.07) is 9.51. The van der Waals surface area contributed by atoms with Crippen LogP contribution in [0, 0.1) is 11.8 Å². The van der Waals surface area contributed by atoms with Crippen molar-refractivity contribution < 1.29 is 4.79 Å². The van der Waals surface area contributed by atoms with Crippen molar-refractivity contribution in [2.75, 3.05) is 39.0 Å². The number of nitrogens with zero attached hydrogens (tertiary/aromatic N) is 4. The molecule has 3 aromatic rings. The second-order valence-electron chi connectivity index (χ2n) is 8.01. The largest absolute Gasteiger partial charge is 0.365 e. The Morgan fingerprint density at radius 2 is 2.22 bits per heavy atom. The third kappa shape index (κ3) is 5.47. The zero-order valence-corrected chi connectivity index (χ0v) is 18.9. The summed E-state index contributed by atoms with van der Waals surface area (Å²) in [6.45, 7) is 2.11. The summed E-state index contributed by atoms with van der Waals surface area (Å²) < 4.78 is 0. The zero-order chi connectivity index (χ0) is 22.5. The molecule has 1 amide bonds. The summed E-state index contributed by atoms with van der Waals surface area (Å²) in [6.07, 6.45) is 5.94. The number of halogens is 1. The first-order valence-corrected chi connectivity index (χ1v) is 10.8. The highest BCUT2D eigenvalue weighted by atomic mass is 35.5. The summed E-state index contributed by atoms with van der Waals surface area (Å²) in [5, 5.41) is 5.00. The van der Waals surface area contributed by atoms with E-state index in [1.54, 1.807) is 6.08 Å². The van der Waals surface area contributed by atoms with Crippen LogP contribution in [0.4, 0.5) is 5.82 Å². The van der Waals surface area contributed by atoms with Gasteiger partial charge in [0, 0.05) is 42.3 Å². The molecule has 1 saturated heterocycles. The Bertz CT molecular complexity index is 1210. The molecular formula is C24H25ClN6O. The fourth-order valence-corrected chi connectivity index (χ4v) is 3.76. The number of rotatable bonds is 5. The van der Waals surface area contributed by atoms with Crippen molar-refractivity contribution in [2.24, 2.45) is 0 Å². The van der Waals surface area contributed by atoms with Gasteiger partial charge in [0.2, 0.25) is 5.91 Å². The van der Waals surface area contributed by atoms with Gasteiger partial charge in [0.15, 0.2) is 0 Å². The first-order valence-electron chi connectivity index (χ1n) is 10.5. The summed E-state index contributed by atoms with van der Waals surface area (Å²) in [5.41, 5.74) is 2.31. The quantitative estimate of drug-likeness (QED) is 0.463. The standard InChI is InChI=1S/C24H25ClN6O/c1-30(2)11-4-7-22(32)31-12-10-20(15-31)29-24-21-14-19(28-23(21)26-16-27-24)9-8-17-5-3-6-18(25)13-17/h3-7,13-14,16,20H,10-12,15H2,1-2H3,(H2,26,27,28,29)/t20-/m1/s1. The Morgan fingerprint density at radius 1 is 1.34 bits per heavy atom. The lowest BCUT2D eigenvalue weighted by Crippen LogP contribution is -2.30. The first kappa shape index (κ1) is 21.9. The minimum absolute atomic E-state index is 0.0456. The number of aromatic amines is 1. The number of amides is 1. The minimum Gasteiger partial charge on any atom is -0.365 e. The van der Waals surface area contributed by atoms with E-state index in [1.807, 2.05) is 60.3 Å². The molecule has 0 spiro atoms. The smallest absolute Gasteiger partial charge is 0.246 e. The number of carbonyl (C=O) groups excluding carboxylic acids is 1. The van der Waals surface area contributed by atoms with Crippen LogP contribution >= 0.6 is 11.6 Å². The maximum Gasteiger partial charge on any atom is 0.246 e. The fraction of sp³-hybridized carbons (Fsp3) is 0.292. The zero-order valence-electron chi connectivity index (χ0n) is 18.1. The molecule has 32 heavy (non-hydrogen) atoms. The second-order valence-corrected chi connectivity index (χ2v) is 8.44. The van der Waals surface area contributed by atoms with Gasteiger partial charge in [0.25, 0.3) is 0 Å². The molecule has 3 heterocycles. The number of benzene rings is 1. The van der Waals surface area contributed by atoms with Gasteiger partial charge in [0.1, 0.15) is 17.8 Å². The maximum atomic E-state index is 12.4. The van der Waals surface area contributed by atoms with Gasteiger partial charge in [-0.15, -0.1) is 0 Å². The van der Waals surface area contributed by atoms with Crippen LogP contribution in [0.1, 0.15) is 17.7 Å². The molecule has 164 valence electrons. The lowest BCUT2D eigenvalue weighted by molar-refractivity contribution is -0.125. The molecule has 1 atom stereocenters. The maximum absolute atomic E-state index is 12.4. The molecule has 2 aromatic heterocycles. The van der Waals surface area contributed by atoms with Crippen molar-refractivity contribution in [3.63, 3.8) is 0 Å². The van der Waals surface area contributed by atoms with Gasteiger partial charge in [0.05, 0.1) is 11.1 Å². The van der Waals surface area contributed by atoms with Gasteiger partial charge in [-0.1, -0.05) is 29.7 Å². The van der Waals surface area contributed by atoms with Gasteiger partial charge in [-0.05, 0) is 50.7 Å². The average Bonchev–Trinajstić information content (AvgIpc) is 3.39. The Kier molecular flexibility index (Phi) is 6.74. The molecule has 1 aliphatic rings. The minimum atomic E-state index is 0.0456. The predicted molar refractivity (Wildman–Crippen MR) is 128 cm³/mol. The van der Waals surface area contributed by atoms with E-state index in [9.17, 15) is 4.79 Å². The Morgan fingerprint density at radius 3 is 3.03 bits per heavy atom. The van der Waals surface area contributed by atoms with Crippen molar-refractivity contribution in [3.05, 3.63) is 65.1 Å². The van der Waals surface area contributed by atoms with Crippen LogP contribution in [0.3, 0.4) is 0 Å². The van der Waals surface area contributed by atoms with Crippen molar-refractivity contribution in [1.29, 1.82) is 0 Å². The molecule has 7 nitrogen and oxygen atoms in total. The predicted octanol–water partition coefficient (Wildman–Crippen LogP) is 3.14. The third-order valence-corrected chi connectivity index (χ3v) is 5.40.